The number of methoxy groups -OCH3 is 2. The highest BCUT2D eigenvalue weighted by Crippen LogP contribution is 2.12. The van der Waals surface area contributed by atoms with Crippen molar-refractivity contribution in [1.29, 1.82) is 0 Å². The van der Waals surface area contributed by atoms with Crippen LogP contribution in [-0.4, -0.2) is 42.0 Å². The summed E-state index contributed by atoms with van der Waals surface area (Å²) in [5, 5.41) is 5.48. The zero-order valence-electron chi connectivity index (χ0n) is 17.6. The van der Waals surface area contributed by atoms with Gasteiger partial charge >= 0.3 is 5.97 Å². The van der Waals surface area contributed by atoms with E-state index >= 15 is 0 Å². The molecule has 0 bridgehead atoms. The van der Waals surface area contributed by atoms with Crippen LogP contribution in [-0.2, 0) is 17.8 Å². The van der Waals surface area contributed by atoms with Gasteiger partial charge in [0, 0.05) is 19.2 Å². The molecule has 9 heteroatoms. The molecule has 0 aliphatic heterocycles. The zero-order valence-corrected chi connectivity index (χ0v) is 17.6. The van der Waals surface area contributed by atoms with Crippen molar-refractivity contribution in [2.45, 2.75) is 13.1 Å². The molecule has 3 aromatic rings. The van der Waals surface area contributed by atoms with E-state index in [9.17, 15) is 14.4 Å². The van der Waals surface area contributed by atoms with Crippen molar-refractivity contribution in [3.8, 4) is 5.75 Å². The molecule has 2 N–H and O–H groups in total. The highest BCUT2D eigenvalue weighted by Gasteiger charge is 2.13. The Labute approximate surface area is 184 Å². The van der Waals surface area contributed by atoms with E-state index in [0.717, 1.165) is 11.1 Å². The summed E-state index contributed by atoms with van der Waals surface area (Å²) in [6.07, 6.45) is 1.17. The van der Waals surface area contributed by atoms with Gasteiger partial charge in [0.2, 0.25) is 0 Å². The summed E-state index contributed by atoms with van der Waals surface area (Å²) < 4.78 is 9.82. The summed E-state index contributed by atoms with van der Waals surface area (Å²) in [6, 6.07) is 15.3. The Morgan fingerprint density at radius 1 is 0.812 bits per heavy atom. The number of carbonyl (C=O) groups is 3. The van der Waals surface area contributed by atoms with Gasteiger partial charge in [-0.05, 0) is 35.4 Å². The molecule has 3 rings (SSSR count). The number of hydrogen-bond donors (Lipinski definition) is 2. The summed E-state index contributed by atoms with van der Waals surface area (Å²) >= 11 is 0. The number of ether oxygens (including phenoxy) is 2. The van der Waals surface area contributed by atoms with Crippen molar-refractivity contribution in [3.63, 3.8) is 0 Å². The molecule has 0 spiro atoms. The van der Waals surface area contributed by atoms with Crippen LogP contribution in [0.2, 0.25) is 0 Å². The average molecular weight is 434 g/mol. The second kappa shape index (κ2) is 10.7. The number of nitrogens with one attached hydrogen (secondary N) is 2. The molecule has 0 fully saturated rings. The van der Waals surface area contributed by atoms with Gasteiger partial charge in [-0.25, -0.2) is 14.8 Å². The zero-order chi connectivity index (χ0) is 22.9. The normalized spacial score (nSPS) is 10.2. The Balaban J connectivity index is 1.57. The van der Waals surface area contributed by atoms with Crippen molar-refractivity contribution in [2.24, 2.45) is 0 Å². The van der Waals surface area contributed by atoms with E-state index in [2.05, 4.69) is 25.3 Å². The molecular weight excluding hydrogens is 412 g/mol. The Kier molecular flexibility index (Phi) is 7.47. The van der Waals surface area contributed by atoms with Crippen molar-refractivity contribution >= 4 is 17.8 Å². The maximum Gasteiger partial charge on any atom is 0.337 e. The lowest BCUT2D eigenvalue weighted by Crippen LogP contribution is -2.27. The molecule has 32 heavy (non-hydrogen) atoms. The fourth-order valence-corrected chi connectivity index (χ4v) is 2.81. The minimum absolute atomic E-state index is 0.0673. The second-order valence-electron chi connectivity index (χ2n) is 6.69. The van der Waals surface area contributed by atoms with Crippen LogP contribution in [0.15, 0.2) is 60.9 Å². The number of hydrogen-bond acceptors (Lipinski definition) is 7. The van der Waals surface area contributed by atoms with E-state index in [1.165, 1.54) is 19.5 Å². The Hall–Kier alpha value is -4.27. The molecule has 164 valence electrons. The Bertz CT molecular complexity index is 1120. The molecule has 0 radical (unpaired) electrons. The van der Waals surface area contributed by atoms with Crippen LogP contribution in [0.25, 0.3) is 0 Å². The number of carbonyl (C=O) groups excluding carboxylic acids is 3. The van der Waals surface area contributed by atoms with Gasteiger partial charge < -0.3 is 20.1 Å². The van der Waals surface area contributed by atoms with Gasteiger partial charge in [0.1, 0.15) is 23.5 Å². The lowest BCUT2D eigenvalue weighted by molar-refractivity contribution is 0.0600. The molecule has 0 saturated heterocycles. The van der Waals surface area contributed by atoms with Gasteiger partial charge in [-0.15, -0.1) is 0 Å². The molecule has 0 saturated carbocycles. The monoisotopic (exact) mass is 434 g/mol. The van der Waals surface area contributed by atoms with Crippen LogP contribution in [0.1, 0.15) is 42.5 Å². The minimum atomic E-state index is -0.453. The van der Waals surface area contributed by atoms with E-state index in [1.807, 2.05) is 24.3 Å². The van der Waals surface area contributed by atoms with Crippen molar-refractivity contribution in [1.82, 2.24) is 20.6 Å². The van der Waals surface area contributed by atoms with Crippen molar-refractivity contribution in [2.75, 3.05) is 14.2 Å². The quantitative estimate of drug-likeness (QED) is 0.521. The van der Waals surface area contributed by atoms with Crippen molar-refractivity contribution in [3.05, 3.63) is 89.0 Å². The summed E-state index contributed by atoms with van der Waals surface area (Å²) in [4.78, 5) is 44.2. The van der Waals surface area contributed by atoms with Gasteiger partial charge in [-0.1, -0.05) is 24.3 Å². The first-order valence-electron chi connectivity index (χ1n) is 9.69. The van der Waals surface area contributed by atoms with Crippen LogP contribution in [0, 0.1) is 0 Å². The number of esters is 1. The van der Waals surface area contributed by atoms with E-state index in [1.54, 1.807) is 31.4 Å². The molecule has 1 aromatic heterocycles. The standard InChI is InChI=1S/C23H22N4O5/c1-31-18-5-3-4-16(10-18)13-25-22(29)20-11-19(26-14-27-20)21(28)24-12-15-6-8-17(9-7-15)23(30)32-2/h3-11,14H,12-13H2,1-2H3,(H,24,28)(H,25,29). The number of nitrogens with zero attached hydrogens (tertiary/aromatic N) is 2. The highest BCUT2D eigenvalue weighted by atomic mass is 16.5. The Morgan fingerprint density at radius 3 is 2.03 bits per heavy atom. The van der Waals surface area contributed by atoms with Crippen LogP contribution < -0.4 is 15.4 Å². The first-order chi connectivity index (χ1) is 15.5. The van der Waals surface area contributed by atoms with Gasteiger partial charge in [0.15, 0.2) is 0 Å². The number of rotatable bonds is 8. The van der Waals surface area contributed by atoms with Crippen molar-refractivity contribution < 1.29 is 23.9 Å². The van der Waals surface area contributed by atoms with Crippen LogP contribution in [0.3, 0.4) is 0 Å². The van der Waals surface area contributed by atoms with Crippen LogP contribution >= 0.6 is 0 Å². The third-order valence-electron chi connectivity index (χ3n) is 4.55. The maximum absolute atomic E-state index is 12.4. The highest BCUT2D eigenvalue weighted by molar-refractivity contribution is 5.97. The van der Waals surface area contributed by atoms with E-state index in [-0.39, 0.29) is 24.5 Å². The van der Waals surface area contributed by atoms with Gasteiger partial charge in [-0.2, -0.15) is 0 Å². The molecule has 2 aromatic carbocycles. The summed E-state index contributed by atoms with van der Waals surface area (Å²) in [7, 11) is 2.88. The van der Waals surface area contributed by atoms with Gasteiger partial charge in [-0.3, -0.25) is 9.59 Å². The number of aromatic nitrogens is 2. The van der Waals surface area contributed by atoms with Crippen LogP contribution in [0.4, 0.5) is 0 Å². The first kappa shape index (κ1) is 22.4. The maximum atomic E-state index is 12.4. The largest absolute Gasteiger partial charge is 0.497 e. The average Bonchev–Trinajstić information content (AvgIpc) is 2.85. The number of amides is 2. The van der Waals surface area contributed by atoms with Crippen LogP contribution in [0.5, 0.6) is 5.75 Å². The molecule has 1 heterocycles. The molecule has 0 aliphatic rings. The lowest BCUT2D eigenvalue weighted by Gasteiger charge is -2.08. The number of benzene rings is 2. The fraction of sp³-hybridized carbons (Fsp3) is 0.174. The lowest BCUT2D eigenvalue weighted by atomic mass is 10.1. The summed E-state index contributed by atoms with van der Waals surface area (Å²) in [6.45, 7) is 0.505. The first-order valence-corrected chi connectivity index (χ1v) is 9.69. The van der Waals surface area contributed by atoms with E-state index < -0.39 is 17.8 Å². The summed E-state index contributed by atoms with van der Waals surface area (Å²) in [5.41, 5.74) is 2.22. The molecule has 0 atom stereocenters. The topological polar surface area (TPSA) is 120 Å². The molecule has 2 amide bonds. The van der Waals surface area contributed by atoms with Gasteiger partial charge in [0.25, 0.3) is 11.8 Å². The SMILES string of the molecule is COC(=O)c1ccc(CNC(=O)c2cc(C(=O)NCc3cccc(OC)c3)ncn2)cc1. The van der Waals surface area contributed by atoms with Gasteiger partial charge in [0.05, 0.1) is 19.8 Å². The summed E-state index contributed by atoms with van der Waals surface area (Å²) in [5.74, 6) is -0.620. The molecule has 0 unspecified atom stereocenters. The molecule has 9 nitrogen and oxygen atoms in total. The van der Waals surface area contributed by atoms with E-state index in [4.69, 9.17) is 4.74 Å². The van der Waals surface area contributed by atoms with E-state index in [0.29, 0.717) is 11.3 Å². The fourth-order valence-electron chi connectivity index (χ4n) is 2.81. The third-order valence-corrected chi connectivity index (χ3v) is 4.55. The minimum Gasteiger partial charge on any atom is -0.497 e. The Morgan fingerprint density at radius 2 is 1.44 bits per heavy atom. The molecular formula is C23H22N4O5. The predicted molar refractivity (Wildman–Crippen MR) is 115 cm³/mol. The smallest absolute Gasteiger partial charge is 0.337 e. The second-order valence-corrected chi connectivity index (χ2v) is 6.69. The molecule has 0 aliphatic carbocycles. The predicted octanol–water partition coefficient (Wildman–Crippen LogP) is 2.13. The third kappa shape index (κ3) is 5.88.